The first-order valence-corrected chi connectivity index (χ1v) is 9.38. The Bertz CT molecular complexity index is 1140. The van der Waals surface area contributed by atoms with Gasteiger partial charge in [0, 0.05) is 23.5 Å². The third-order valence-corrected chi connectivity index (χ3v) is 4.59. The Morgan fingerprint density at radius 1 is 1.03 bits per heavy atom. The monoisotopic (exact) mass is 407 g/mol. The van der Waals surface area contributed by atoms with Crippen molar-refractivity contribution in [3.63, 3.8) is 0 Å². The van der Waals surface area contributed by atoms with Crippen LogP contribution in [0, 0.1) is 10.6 Å². The quantitative estimate of drug-likeness (QED) is 0.443. The summed E-state index contributed by atoms with van der Waals surface area (Å²) in [5.74, 6) is 1.15. The number of pyridine rings is 1. The van der Waals surface area contributed by atoms with E-state index in [1.807, 2.05) is 36.4 Å². The second kappa shape index (κ2) is 8.66. The van der Waals surface area contributed by atoms with E-state index in [0.717, 1.165) is 22.4 Å². The molecule has 0 aliphatic heterocycles. The largest absolute Gasteiger partial charge is 0.489 e. The fraction of sp³-hybridized carbons (Fsp3) is 0.0952. The average Bonchev–Trinajstić information content (AvgIpc) is 3.13. The van der Waals surface area contributed by atoms with Crippen LogP contribution in [0.4, 0.5) is 4.39 Å². The summed E-state index contributed by atoms with van der Waals surface area (Å²) in [5, 5.41) is 7.11. The van der Waals surface area contributed by atoms with Gasteiger partial charge in [0.2, 0.25) is 4.77 Å². The van der Waals surface area contributed by atoms with Crippen molar-refractivity contribution in [3.8, 4) is 17.1 Å². The lowest BCUT2D eigenvalue weighted by Gasteiger charge is -2.14. The molecular formula is C21H18FN5OS. The number of aromatic nitrogens is 4. The van der Waals surface area contributed by atoms with Gasteiger partial charge in [0.15, 0.2) is 5.82 Å². The number of nitrogens with one attached hydrogen (secondary N) is 2. The summed E-state index contributed by atoms with van der Waals surface area (Å²) in [4.78, 5) is 4.03. The van der Waals surface area contributed by atoms with Crippen molar-refractivity contribution in [1.82, 2.24) is 19.9 Å². The molecule has 2 aromatic heterocycles. The van der Waals surface area contributed by atoms with E-state index in [1.54, 1.807) is 29.2 Å². The highest BCUT2D eigenvalue weighted by Gasteiger charge is 2.10. The second-order valence-corrected chi connectivity index (χ2v) is 6.67. The van der Waals surface area contributed by atoms with E-state index >= 15 is 0 Å². The van der Waals surface area contributed by atoms with Gasteiger partial charge in [0.1, 0.15) is 18.2 Å². The van der Waals surface area contributed by atoms with Crippen molar-refractivity contribution < 1.29 is 9.13 Å². The predicted molar refractivity (Wildman–Crippen MR) is 111 cm³/mol. The van der Waals surface area contributed by atoms with Gasteiger partial charge in [-0.05, 0) is 48.1 Å². The highest BCUT2D eigenvalue weighted by molar-refractivity contribution is 7.71. The van der Waals surface area contributed by atoms with Crippen LogP contribution < -0.4 is 10.2 Å². The maximum atomic E-state index is 13.1. The van der Waals surface area contributed by atoms with Crippen LogP contribution in [0.3, 0.4) is 0 Å². The van der Waals surface area contributed by atoms with E-state index in [-0.39, 0.29) is 5.82 Å². The van der Waals surface area contributed by atoms with Gasteiger partial charge in [-0.15, -0.1) is 0 Å². The molecule has 8 heteroatoms. The molecule has 0 saturated carbocycles. The number of ether oxygens (including phenoxy) is 1. The molecule has 6 nitrogen and oxygen atoms in total. The summed E-state index contributed by atoms with van der Waals surface area (Å²) < 4.78 is 21.2. The Balaban J connectivity index is 1.49. The van der Waals surface area contributed by atoms with Gasteiger partial charge >= 0.3 is 0 Å². The van der Waals surface area contributed by atoms with E-state index in [9.17, 15) is 4.39 Å². The summed E-state index contributed by atoms with van der Waals surface area (Å²) in [6.45, 7) is 0.830. The molecule has 0 spiro atoms. The molecule has 0 amide bonds. The van der Waals surface area contributed by atoms with Gasteiger partial charge in [-0.1, -0.05) is 30.3 Å². The molecule has 2 N–H and O–H groups in total. The van der Waals surface area contributed by atoms with E-state index in [2.05, 4.69) is 20.6 Å². The maximum absolute atomic E-state index is 13.1. The minimum Gasteiger partial charge on any atom is -0.489 e. The van der Waals surface area contributed by atoms with Crippen LogP contribution in [0.2, 0.25) is 0 Å². The van der Waals surface area contributed by atoms with Crippen molar-refractivity contribution in [2.45, 2.75) is 13.2 Å². The molecule has 0 saturated heterocycles. The zero-order chi connectivity index (χ0) is 20.1. The minimum absolute atomic E-state index is 0.264. The Kier molecular flexibility index (Phi) is 5.62. The van der Waals surface area contributed by atoms with Crippen molar-refractivity contribution in [2.75, 3.05) is 5.43 Å². The van der Waals surface area contributed by atoms with Crippen LogP contribution in [0.1, 0.15) is 11.1 Å². The van der Waals surface area contributed by atoms with Crippen LogP contribution in [-0.4, -0.2) is 19.9 Å². The summed E-state index contributed by atoms with van der Waals surface area (Å²) in [6.07, 6.45) is 3.41. The number of hydrogen-bond acceptors (Lipinski definition) is 5. The zero-order valence-electron chi connectivity index (χ0n) is 15.4. The lowest BCUT2D eigenvalue weighted by molar-refractivity contribution is 0.303. The van der Waals surface area contributed by atoms with Gasteiger partial charge in [0.05, 0.1) is 6.54 Å². The smallest absolute Gasteiger partial charge is 0.214 e. The number of aromatic amines is 1. The van der Waals surface area contributed by atoms with Crippen molar-refractivity contribution in [2.24, 2.45) is 0 Å². The van der Waals surface area contributed by atoms with Gasteiger partial charge in [-0.25, -0.2) is 14.2 Å². The third kappa shape index (κ3) is 4.49. The molecular weight excluding hydrogens is 389 g/mol. The molecule has 29 heavy (non-hydrogen) atoms. The number of nitrogens with zero attached hydrogens (tertiary/aromatic N) is 3. The fourth-order valence-corrected chi connectivity index (χ4v) is 3.03. The Labute approximate surface area is 172 Å². The first kappa shape index (κ1) is 18.8. The van der Waals surface area contributed by atoms with E-state index in [4.69, 9.17) is 17.0 Å². The molecule has 0 aliphatic carbocycles. The van der Waals surface area contributed by atoms with Crippen LogP contribution in [0.25, 0.3) is 11.4 Å². The first-order chi connectivity index (χ1) is 14.2. The summed E-state index contributed by atoms with van der Waals surface area (Å²) in [6, 6.07) is 17.7. The van der Waals surface area contributed by atoms with Crippen LogP contribution >= 0.6 is 12.2 Å². The molecule has 0 bridgehead atoms. The maximum Gasteiger partial charge on any atom is 0.214 e. The van der Waals surface area contributed by atoms with E-state index in [1.165, 1.54) is 12.1 Å². The van der Waals surface area contributed by atoms with Crippen LogP contribution in [0.5, 0.6) is 5.75 Å². The average molecular weight is 407 g/mol. The van der Waals surface area contributed by atoms with Crippen LogP contribution in [-0.2, 0) is 13.2 Å². The van der Waals surface area contributed by atoms with Gasteiger partial charge < -0.3 is 10.2 Å². The standard InChI is InChI=1S/C21H18FN5OS/c22-18-7-5-15(6-8-18)14-28-19-4-2-1-3-17(19)13-24-27-20(25-26-21(27)29)16-9-11-23-12-10-16/h1-12,24H,13-14H2,(H,26,29). The normalized spacial score (nSPS) is 10.7. The Hall–Kier alpha value is -3.52. The zero-order valence-corrected chi connectivity index (χ0v) is 16.2. The van der Waals surface area contributed by atoms with Crippen molar-refractivity contribution in [3.05, 3.63) is 94.8 Å². The highest BCUT2D eigenvalue weighted by atomic mass is 32.1. The molecule has 0 atom stereocenters. The molecule has 4 rings (SSSR count). The molecule has 0 fully saturated rings. The topological polar surface area (TPSA) is 67.8 Å². The van der Waals surface area contributed by atoms with Crippen LogP contribution in [0.15, 0.2) is 73.1 Å². The number of para-hydroxylation sites is 1. The van der Waals surface area contributed by atoms with Gasteiger partial charge in [-0.2, -0.15) is 5.10 Å². The third-order valence-electron chi connectivity index (χ3n) is 4.32. The number of hydrogen-bond donors (Lipinski definition) is 2. The summed E-state index contributed by atoms with van der Waals surface area (Å²) in [7, 11) is 0. The van der Waals surface area contributed by atoms with Crippen molar-refractivity contribution in [1.29, 1.82) is 0 Å². The molecule has 0 unspecified atom stereocenters. The van der Waals surface area contributed by atoms with Gasteiger partial charge in [-0.3, -0.25) is 4.98 Å². The molecule has 4 aromatic rings. The predicted octanol–water partition coefficient (Wildman–Crippen LogP) is 4.46. The van der Waals surface area contributed by atoms with E-state index in [0.29, 0.717) is 23.7 Å². The number of H-pyrrole nitrogens is 1. The summed E-state index contributed by atoms with van der Waals surface area (Å²) in [5.41, 5.74) is 6.03. The molecule has 146 valence electrons. The molecule has 2 aromatic carbocycles. The Morgan fingerprint density at radius 2 is 1.79 bits per heavy atom. The number of halogens is 1. The minimum atomic E-state index is -0.264. The van der Waals surface area contributed by atoms with Crippen molar-refractivity contribution >= 4 is 12.2 Å². The Morgan fingerprint density at radius 3 is 2.59 bits per heavy atom. The molecule has 0 aliphatic rings. The number of rotatable bonds is 7. The highest BCUT2D eigenvalue weighted by Crippen LogP contribution is 2.21. The summed E-state index contributed by atoms with van der Waals surface area (Å²) >= 11 is 5.35. The lowest BCUT2D eigenvalue weighted by atomic mass is 10.2. The fourth-order valence-electron chi connectivity index (χ4n) is 2.83. The van der Waals surface area contributed by atoms with E-state index < -0.39 is 0 Å². The molecule has 2 heterocycles. The number of benzene rings is 2. The molecule has 0 radical (unpaired) electrons. The lowest BCUT2D eigenvalue weighted by Crippen LogP contribution is -2.16. The SMILES string of the molecule is Fc1ccc(COc2ccccc2CNn2c(-c3ccncc3)n[nH]c2=S)cc1. The second-order valence-electron chi connectivity index (χ2n) is 6.28. The van der Waals surface area contributed by atoms with Gasteiger partial charge in [0.25, 0.3) is 0 Å². The first-order valence-electron chi connectivity index (χ1n) is 8.97.